The zero-order valence-corrected chi connectivity index (χ0v) is 15.9. The highest BCUT2D eigenvalue weighted by Crippen LogP contribution is 2.23. The Morgan fingerprint density at radius 2 is 1.71 bits per heavy atom. The van der Waals surface area contributed by atoms with E-state index in [2.05, 4.69) is 21.2 Å². The van der Waals surface area contributed by atoms with Crippen LogP contribution < -0.4 is 5.32 Å². The lowest BCUT2D eigenvalue weighted by molar-refractivity contribution is -0.147. The molecule has 1 aromatic rings. The first-order valence-electron chi connectivity index (χ1n) is 7.63. The van der Waals surface area contributed by atoms with Gasteiger partial charge in [-0.1, -0.05) is 11.6 Å². The number of piperazine rings is 1. The van der Waals surface area contributed by atoms with Crippen molar-refractivity contribution in [3.63, 3.8) is 0 Å². The Bertz CT molecular complexity index is 658. The van der Waals surface area contributed by atoms with Crippen LogP contribution in [0.25, 0.3) is 0 Å². The van der Waals surface area contributed by atoms with E-state index in [1.807, 2.05) is 0 Å². The van der Waals surface area contributed by atoms with Crippen LogP contribution in [-0.4, -0.2) is 59.7 Å². The number of nitrogens with one attached hydrogen (secondary N) is 1. The van der Waals surface area contributed by atoms with Gasteiger partial charge < -0.3 is 15.1 Å². The number of carbonyl (C=O) groups is 3. The summed E-state index contributed by atoms with van der Waals surface area (Å²) >= 11 is 9.30. The van der Waals surface area contributed by atoms with Gasteiger partial charge >= 0.3 is 11.8 Å². The second kappa shape index (κ2) is 7.98. The molecule has 130 valence electrons. The van der Waals surface area contributed by atoms with Gasteiger partial charge in [0.1, 0.15) is 0 Å². The summed E-state index contributed by atoms with van der Waals surface area (Å²) in [6, 6.07) is 4.95. The molecule has 1 saturated heterocycles. The van der Waals surface area contributed by atoms with Gasteiger partial charge in [-0.3, -0.25) is 14.4 Å². The maximum absolute atomic E-state index is 12.6. The molecule has 24 heavy (non-hydrogen) atoms. The first-order valence-corrected chi connectivity index (χ1v) is 8.80. The lowest BCUT2D eigenvalue weighted by atomic mass is 10.2. The van der Waals surface area contributed by atoms with Crippen molar-refractivity contribution in [3.05, 3.63) is 33.3 Å². The second-order valence-corrected chi connectivity index (χ2v) is 7.13. The van der Waals surface area contributed by atoms with Crippen molar-refractivity contribution in [1.29, 1.82) is 0 Å². The molecule has 0 aromatic heterocycles. The molecule has 2 rings (SSSR count). The van der Waals surface area contributed by atoms with Crippen LogP contribution in [-0.2, 0) is 9.59 Å². The third kappa shape index (κ3) is 4.48. The van der Waals surface area contributed by atoms with Gasteiger partial charge in [-0.25, -0.2) is 0 Å². The normalized spacial score (nSPS) is 14.7. The van der Waals surface area contributed by atoms with Gasteiger partial charge in [0.05, 0.1) is 5.56 Å². The molecule has 1 fully saturated rings. The van der Waals surface area contributed by atoms with Crippen LogP contribution in [0.3, 0.4) is 0 Å². The second-order valence-electron chi connectivity index (χ2n) is 5.84. The summed E-state index contributed by atoms with van der Waals surface area (Å²) in [5, 5.41) is 3.07. The fourth-order valence-corrected chi connectivity index (χ4v) is 3.00. The molecular formula is C16H19BrClN3O3. The summed E-state index contributed by atoms with van der Waals surface area (Å²) in [6.45, 7) is 4.99. The maximum Gasteiger partial charge on any atom is 0.312 e. The van der Waals surface area contributed by atoms with E-state index in [1.54, 1.807) is 36.9 Å². The number of amides is 3. The average Bonchev–Trinajstić information content (AvgIpc) is 2.55. The van der Waals surface area contributed by atoms with Crippen LogP contribution in [0.4, 0.5) is 0 Å². The molecule has 0 bridgehead atoms. The van der Waals surface area contributed by atoms with E-state index < -0.39 is 11.8 Å². The molecule has 0 atom stereocenters. The standard InChI is InChI=1S/C16H19BrClN3O3/c1-10(2)19-14(22)16(24)21-7-5-20(6-8-21)15(23)12-9-11(18)3-4-13(12)17/h3-4,9-10H,5-8H2,1-2H3,(H,19,22). The van der Waals surface area contributed by atoms with Gasteiger partial charge in [-0.05, 0) is 48.0 Å². The topological polar surface area (TPSA) is 69.7 Å². The van der Waals surface area contributed by atoms with Crippen molar-refractivity contribution >= 4 is 45.3 Å². The Kier molecular flexibility index (Phi) is 6.23. The average molecular weight is 417 g/mol. The number of halogens is 2. The minimum absolute atomic E-state index is 0.0931. The zero-order valence-electron chi connectivity index (χ0n) is 13.5. The van der Waals surface area contributed by atoms with Crippen LogP contribution in [0.15, 0.2) is 22.7 Å². The van der Waals surface area contributed by atoms with Crippen molar-refractivity contribution < 1.29 is 14.4 Å². The predicted molar refractivity (Wildman–Crippen MR) is 94.9 cm³/mol. The molecule has 1 heterocycles. The number of nitrogens with zero attached hydrogens (tertiary/aromatic N) is 2. The summed E-state index contributed by atoms with van der Waals surface area (Å²) < 4.78 is 0.673. The Labute approximate surface area is 154 Å². The lowest BCUT2D eigenvalue weighted by Crippen LogP contribution is -2.54. The third-order valence-electron chi connectivity index (χ3n) is 3.63. The first-order chi connectivity index (χ1) is 11.3. The van der Waals surface area contributed by atoms with E-state index in [0.717, 1.165) is 0 Å². The number of benzene rings is 1. The molecule has 0 saturated carbocycles. The van der Waals surface area contributed by atoms with Crippen LogP contribution >= 0.6 is 27.5 Å². The fraction of sp³-hybridized carbons (Fsp3) is 0.438. The van der Waals surface area contributed by atoms with Crippen molar-refractivity contribution in [2.45, 2.75) is 19.9 Å². The van der Waals surface area contributed by atoms with Crippen LogP contribution in [0.1, 0.15) is 24.2 Å². The molecule has 1 aromatic carbocycles. The largest absolute Gasteiger partial charge is 0.346 e. The van der Waals surface area contributed by atoms with Gasteiger partial charge in [0.2, 0.25) is 0 Å². The van der Waals surface area contributed by atoms with Crippen LogP contribution in [0.2, 0.25) is 5.02 Å². The molecule has 1 aliphatic rings. The summed E-state index contributed by atoms with van der Waals surface area (Å²) in [7, 11) is 0. The summed E-state index contributed by atoms with van der Waals surface area (Å²) in [5.74, 6) is -1.31. The van der Waals surface area contributed by atoms with Gasteiger partial charge in [-0.15, -0.1) is 0 Å². The fourth-order valence-electron chi connectivity index (χ4n) is 2.41. The van der Waals surface area contributed by atoms with Gasteiger partial charge in [-0.2, -0.15) is 0 Å². The van der Waals surface area contributed by atoms with Gasteiger partial charge in [0.25, 0.3) is 5.91 Å². The highest BCUT2D eigenvalue weighted by atomic mass is 79.9. The summed E-state index contributed by atoms with van der Waals surface area (Å²) in [5.41, 5.74) is 0.486. The SMILES string of the molecule is CC(C)NC(=O)C(=O)N1CCN(C(=O)c2cc(Cl)ccc2Br)CC1. The minimum atomic E-state index is -0.609. The van der Waals surface area contributed by atoms with Crippen molar-refractivity contribution in [1.82, 2.24) is 15.1 Å². The molecule has 8 heteroatoms. The monoisotopic (exact) mass is 415 g/mol. The number of rotatable bonds is 2. The van der Waals surface area contributed by atoms with Crippen molar-refractivity contribution in [2.24, 2.45) is 0 Å². The zero-order chi connectivity index (χ0) is 17.9. The molecule has 3 amide bonds. The highest BCUT2D eigenvalue weighted by molar-refractivity contribution is 9.10. The minimum Gasteiger partial charge on any atom is -0.346 e. The summed E-state index contributed by atoms with van der Waals surface area (Å²) in [4.78, 5) is 39.5. The Morgan fingerprint density at radius 3 is 2.29 bits per heavy atom. The first kappa shape index (κ1) is 18.7. The van der Waals surface area contributed by atoms with E-state index in [4.69, 9.17) is 11.6 Å². The smallest absolute Gasteiger partial charge is 0.312 e. The number of hydrogen-bond acceptors (Lipinski definition) is 3. The van der Waals surface area contributed by atoms with Gasteiger partial charge in [0.15, 0.2) is 0 Å². The lowest BCUT2D eigenvalue weighted by Gasteiger charge is -2.34. The summed E-state index contributed by atoms with van der Waals surface area (Å²) in [6.07, 6.45) is 0. The van der Waals surface area contributed by atoms with Crippen LogP contribution in [0.5, 0.6) is 0 Å². The predicted octanol–water partition coefficient (Wildman–Crippen LogP) is 1.91. The molecular weight excluding hydrogens is 398 g/mol. The Morgan fingerprint density at radius 1 is 1.12 bits per heavy atom. The molecule has 0 spiro atoms. The van der Waals surface area contributed by atoms with E-state index >= 15 is 0 Å². The molecule has 0 radical (unpaired) electrons. The molecule has 6 nitrogen and oxygen atoms in total. The van der Waals surface area contributed by atoms with Crippen LogP contribution in [0, 0.1) is 0 Å². The van der Waals surface area contributed by atoms with E-state index in [0.29, 0.717) is 41.2 Å². The number of hydrogen-bond donors (Lipinski definition) is 1. The maximum atomic E-state index is 12.6. The van der Waals surface area contributed by atoms with Crippen molar-refractivity contribution in [3.8, 4) is 0 Å². The highest BCUT2D eigenvalue weighted by Gasteiger charge is 2.29. The molecule has 1 N–H and O–H groups in total. The van der Waals surface area contributed by atoms with Gasteiger partial charge in [0, 0.05) is 41.7 Å². The van der Waals surface area contributed by atoms with E-state index in [-0.39, 0.29) is 11.9 Å². The molecule has 1 aliphatic heterocycles. The van der Waals surface area contributed by atoms with E-state index in [1.165, 1.54) is 4.90 Å². The quantitative estimate of drug-likeness (QED) is 0.749. The van der Waals surface area contributed by atoms with E-state index in [9.17, 15) is 14.4 Å². The Balaban J connectivity index is 1.97. The third-order valence-corrected chi connectivity index (χ3v) is 4.55. The molecule has 0 aliphatic carbocycles. The number of carbonyl (C=O) groups excluding carboxylic acids is 3. The Hall–Kier alpha value is -1.60. The van der Waals surface area contributed by atoms with Crippen molar-refractivity contribution in [2.75, 3.05) is 26.2 Å². The molecule has 0 unspecified atom stereocenters.